The summed E-state index contributed by atoms with van der Waals surface area (Å²) in [5.74, 6) is -3.63. The Bertz CT molecular complexity index is 333. The summed E-state index contributed by atoms with van der Waals surface area (Å²) in [6.45, 7) is 0. The first-order chi connectivity index (χ1) is 7.49. The maximum absolute atomic E-state index is 11.1. The number of ether oxygens (including phenoxy) is 2. The molecule has 7 nitrogen and oxygen atoms in total. The normalized spacial score (nSPS) is 19.4. The van der Waals surface area contributed by atoms with Gasteiger partial charge in [-0.15, -0.1) is 0 Å². The SMILES string of the molecule is O=C([O-])CCCC(=O)OC1CC(=O)OC1=O. The first kappa shape index (κ1) is 12.2. The van der Waals surface area contributed by atoms with E-state index in [0.717, 1.165) is 0 Å². The highest BCUT2D eigenvalue weighted by molar-refractivity contribution is 5.97. The van der Waals surface area contributed by atoms with E-state index in [9.17, 15) is 24.3 Å². The standard InChI is InChI=1S/C9H10O7/c10-6(11)2-1-3-7(12)15-5-4-8(13)16-9(5)14/h5H,1-4H2,(H,10,11)/p-1. The second-order valence-corrected chi connectivity index (χ2v) is 3.20. The fraction of sp³-hybridized carbons (Fsp3) is 0.556. The van der Waals surface area contributed by atoms with Gasteiger partial charge in [0.2, 0.25) is 6.10 Å². The third kappa shape index (κ3) is 3.68. The zero-order valence-corrected chi connectivity index (χ0v) is 8.26. The lowest BCUT2D eigenvalue weighted by atomic mass is 10.2. The Hall–Kier alpha value is -1.92. The van der Waals surface area contributed by atoms with E-state index >= 15 is 0 Å². The predicted octanol–water partition coefficient (Wildman–Crippen LogP) is -1.71. The first-order valence-corrected chi connectivity index (χ1v) is 4.63. The molecular formula is C9H9O7-. The number of esters is 3. The van der Waals surface area contributed by atoms with Crippen LogP contribution in [0.25, 0.3) is 0 Å². The summed E-state index contributed by atoms with van der Waals surface area (Å²) in [5.41, 5.74) is 0. The van der Waals surface area contributed by atoms with Gasteiger partial charge in [-0.1, -0.05) is 0 Å². The van der Waals surface area contributed by atoms with E-state index in [4.69, 9.17) is 0 Å². The average Bonchev–Trinajstić information content (AvgIpc) is 2.44. The molecule has 0 radical (unpaired) electrons. The highest BCUT2D eigenvalue weighted by atomic mass is 16.6. The van der Waals surface area contributed by atoms with Crippen LogP contribution in [0.2, 0.25) is 0 Å². The lowest BCUT2D eigenvalue weighted by Gasteiger charge is -2.07. The van der Waals surface area contributed by atoms with Crippen LogP contribution < -0.4 is 5.11 Å². The molecule has 0 aromatic rings. The summed E-state index contributed by atoms with van der Waals surface area (Å²) in [5, 5.41) is 10.0. The van der Waals surface area contributed by atoms with Crippen molar-refractivity contribution in [1.82, 2.24) is 0 Å². The number of rotatable bonds is 5. The van der Waals surface area contributed by atoms with Crippen molar-refractivity contribution >= 4 is 23.9 Å². The van der Waals surface area contributed by atoms with Crippen molar-refractivity contribution in [2.24, 2.45) is 0 Å². The molecule has 7 heteroatoms. The summed E-state index contributed by atoms with van der Waals surface area (Å²) < 4.78 is 8.79. The van der Waals surface area contributed by atoms with Gasteiger partial charge in [0, 0.05) is 12.4 Å². The van der Waals surface area contributed by atoms with E-state index in [1.54, 1.807) is 0 Å². The summed E-state index contributed by atoms with van der Waals surface area (Å²) in [6, 6.07) is 0. The van der Waals surface area contributed by atoms with Crippen LogP contribution >= 0.6 is 0 Å². The monoisotopic (exact) mass is 229 g/mol. The second-order valence-electron chi connectivity index (χ2n) is 3.20. The number of aliphatic carboxylic acids is 1. The maximum Gasteiger partial charge on any atom is 0.355 e. The van der Waals surface area contributed by atoms with Crippen LogP contribution in [0, 0.1) is 0 Å². The first-order valence-electron chi connectivity index (χ1n) is 4.63. The van der Waals surface area contributed by atoms with Gasteiger partial charge in [0.05, 0.1) is 6.42 Å². The van der Waals surface area contributed by atoms with Gasteiger partial charge in [-0.3, -0.25) is 9.59 Å². The zero-order chi connectivity index (χ0) is 12.1. The number of hydrogen-bond donors (Lipinski definition) is 0. The lowest BCUT2D eigenvalue weighted by molar-refractivity contribution is -0.305. The minimum Gasteiger partial charge on any atom is -0.550 e. The van der Waals surface area contributed by atoms with Crippen LogP contribution in [-0.2, 0) is 28.7 Å². The molecule has 1 heterocycles. The molecule has 1 fully saturated rings. The van der Waals surface area contributed by atoms with Gasteiger partial charge in [0.25, 0.3) is 0 Å². The third-order valence-corrected chi connectivity index (χ3v) is 1.86. The Morgan fingerprint density at radius 2 is 2.06 bits per heavy atom. The van der Waals surface area contributed by atoms with E-state index in [1.165, 1.54) is 0 Å². The molecule has 1 saturated heterocycles. The van der Waals surface area contributed by atoms with Gasteiger partial charge < -0.3 is 19.4 Å². The van der Waals surface area contributed by atoms with Crippen molar-refractivity contribution in [3.63, 3.8) is 0 Å². The van der Waals surface area contributed by atoms with Crippen molar-refractivity contribution in [3.05, 3.63) is 0 Å². The molecule has 0 aromatic carbocycles. The van der Waals surface area contributed by atoms with Gasteiger partial charge in [-0.05, 0) is 12.8 Å². The van der Waals surface area contributed by atoms with Crippen LogP contribution in [0.4, 0.5) is 0 Å². The molecule has 0 N–H and O–H groups in total. The average molecular weight is 229 g/mol. The van der Waals surface area contributed by atoms with Crippen LogP contribution in [-0.4, -0.2) is 30.0 Å². The van der Waals surface area contributed by atoms with E-state index in [0.29, 0.717) is 0 Å². The zero-order valence-electron chi connectivity index (χ0n) is 8.26. The van der Waals surface area contributed by atoms with Gasteiger partial charge in [0.15, 0.2) is 0 Å². The van der Waals surface area contributed by atoms with Crippen molar-refractivity contribution in [2.45, 2.75) is 31.8 Å². The largest absolute Gasteiger partial charge is 0.550 e. The molecule has 0 aliphatic carbocycles. The number of hydrogen-bond acceptors (Lipinski definition) is 7. The molecule has 0 amide bonds. The Balaban J connectivity index is 2.26. The van der Waals surface area contributed by atoms with Crippen molar-refractivity contribution in [3.8, 4) is 0 Å². The molecule has 1 rings (SSSR count). The molecule has 1 aliphatic heterocycles. The number of carbonyl (C=O) groups excluding carboxylic acids is 4. The van der Waals surface area contributed by atoms with Crippen LogP contribution in [0.15, 0.2) is 0 Å². The van der Waals surface area contributed by atoms with Crippen molar-refractivity contribution in [1.29, 1.82) is 0 Å². The van der Waals surface area contributed by atoms with E-state index in [-0.39, 0.29) is 25.7 Å². The molecule has 1 atom stereocenters. The smallest absolute Gasteiger partial charge is 0.355 e. The molecule has 88 valence electrons. The fourth-order valence-electron chi connectivity index (χ4n) is 1.14. The van der Waals surface area contributed by atoms with Gasteiger partial charge in [-0.2, -0.15) is 0 Å². The Morgan fingerprint density at radius 3 is 2.56 bits per heavy atom. The fourth-order valence-corrected chi connectivity index (χ4v) is 1.14. The maximum atomic E-state index is 11.1. The second kappa shape index (κ2) is 5.24. The molecule has 1 aliphatic rings. The lowest BCUT2D eigenvalue weighted by Crippen LogP contribution is -2.24. The number of cyclic esters (lactones) is 2. The van der Waals surface area contributed by atoms with Crippen LogP contribution in [0.1, 0.15) is 25.7 Å². The number of carboxylic acids is 1. The Morgan fingerprint density at radius 1 is 1.38 bits per heavy atom. The molecule has 0 aromatic heterocycles. The quantitative estimate of drug-likeness (QED) is 0.407. The number of carbonyl (C=O) groups is 4. The van der Waals surface area contributed by atoms with Gasteiger partial charge in [0.1, 0.15) is 0 Å². The van der Waals surface area contributed by atoms with E-state index in [1.807, 2.05) is 0 Å². The summed E-state index contributed by atoms with van der Waals surface area (Å²) in [4.78, 5) is 42.6. The molecule has 0 saturated carbocycles. The Kier molecular flexibility index (Phi) is 3.98. The van der Waals surface area contributed by atoms with Crippen LogP contribution in [0.5, 0.6) is 0 Å². The van der Waals surface area contributed by atoms with Crippen molar-refractivity contribution in [2.75, 3.05) is 0 Å². The third-order valence-electron chi connectivity index (χ3n) is 1.86. The molecule has 0 spiro atoms. The highest BCUT2D eigenvalue weighted by Gasteiger charge is 2.36. The summed E-state index contributed by atoms with van der Waals surface area (Å²) in [7, 11) is 0. The molecular weight excluding hydrogens is 220 g/mol. The van der Waals surface area contributed by atoms with Gasteiger partial charge >= 0.3 is 17.9 Å². The molecule has 0 bridgehead atoms. The minimum absolute atomic E-state index is 0.0663. The topological polar surface area (TPSA) is 110 Å². The number of carboxylic acid groups (broad SMARTS) is 1. The summed E-state index contributed by atoms with van der Waals surface area (Å²) in [6.07, 6.45) is -1.82. The highest BCUT2D eigenvalue weighted by Crippen LogP contribution is 2.13. The van der Waals surface area contributed by atoms with E-state index in [2.05, 4.69) is 9.47 Å². The van der Waals surface area contributed by atoms with Crippen LogP contribution in [0.3, 0.4) is 0 Å². The van der Waals surface area contributed by atoms with Gasteiger partial charge in [-0.25, -0.2) is 4.79 Å². The Labute approximate surface area is 90.3 Å². The molecule has 1 unspecified atom stereocenters. The summed E-state index contributed by atoms with van der Waals surface area (Å²) >= 11 is 0. The molecule has 16 heavy (non-hydrogen) atoms. The predicted molar refractivity (Wildman–Crippen MR) is 44.5 cm³/mol. The van der Waals surface area contributed by atoms with Crippen molar-refractivity contribution < 1.29 is 33.8 Å². The van der Waals surface area contributed by atoms with E-state index < -0.39 is 30.0 Å². The minimum atomic E-state index is -1.26.